The first-order valence-corrected chi connectivity index (χ1v) is 6.30. The highest BCUT2D eigenvalue weighted by Gasteiger charge is 2.31. The van der Waals surface area contributed by atoms with Crippen molar-refractivity contribution in [1.29, 1.82) is 0 Å². The zero-order valence-electron chi connectivity index (χ0n) is 10.9. The molecule has 0 aliphatic carbocycles. The second kappa shape index (κ2) is 4.52. The molecule has 1 unspecified atom stereocenters. The van der Waals surface area contributed by atoms with E-state index in [9.17, 15) is 14.7 Å². The van der Waals surface area contributed by atoms with E-state index in [-0.39, 0.29) is 17.4 Å². The van der Waals surface area contributed by atoms with Crippen molar-refractivity contribution in [3.63, 3.8) is 0 Å². The number of likely N-dealkylation sites (N-methyl/N-ethyl adjacent to an activating group) is 1. The number of amides is 1. The third kappa shape index (κ3) is 1.87. The Hall–Kier alpha value is -2.57. The molecular weight excluding hydrogens is 260 g/mol. The molecule has 2 aromatic rings. The number of imidazole rings is 1. The summed E-state index contributed by atoms with van der Waals surface area (Å²) in [4.78, 5) is 29.2. The lowest BCUT2D eigenvalue weighted by atomic mass is 10.2. The number of aromatic carboxylic acids is 1. The molecule has 104 valence electrons. The molecule has 0 saturated carbocycles. The summed E-state index contributed by atoms with van der Waals surface area (Å²) in [5, 5.41) is 12.3. The van der Waals surface area contributed by atoms with Gasteiger partial charge in [-0.1, -0.05) is 6.07 Å². The number of carbonyl (C=O) groups excluding carboxylic acids is 1. The van der Waals surface area contributed by atoms with Gasteiger partial charge in [-0.3, -0.25) is 9.20 Å². The SMILES string of the molecule is CN1CCC(Nc2nc3ccccn3c2C(=O)O)C1=O. The van der Waals surface area contributed by atoms with Crippen molar-refractivity contribution in [3.8, 4) is 0 Å². The molecule has 2 aromatic heterocycles. The van der Waals surface area contributed by atoms with Crippen molar-refractivity contribution in [2.24, 2.45) is 0 Å². The second-order valence-electron chi connectivity index (χ2n) is 4.79. The Morgan fingerprint density at radius 2 is 2.30 bits per heavy atom. The number of hydrogen-bond donors (Lipinski definition) is 2. The minimum atomic E-state index is -1.08. The number of likely N-dealkylation sites (tertiary alicyclic amines) is 1. The molecule has 0 bridgehead atoms. The molecule has 7 nitrogen and oxygen atoms in total. The van der Waals surface area contributed by atoms with E-state index in [4.69, 9.17) is 0 Å². The summed E-state index contributed by atoms with van der Waals surface area (Å²) in [7, 11) is 1.73. The number of aromatic nitrogens is 2. The Bertz CT molecular complexity index is 694. The van der Waals surface area contributed by atoms with Crippen LogP contribution in [0.2, 0.25) is 0 Å². The average Bonchev–Trinajstić information content (AvgIpc) is 2.93. The molecule has 1 fully saturated rings. The number of anilines is 1. The van der Waals surface area contributed by atoms with Crippen LogP contribution in [0.4, 0.5) is 5.82 Å². The van der Waals surface area contributed by atoms with Gasteiger partial charge in [0.1, 0.15) is 11.7 Å². The second-order valence-corrected chi connectivity index (χ2v) is 4.79. The molecule has 3 rings (SSSR count). The van der Waals surface area contributed by atoms with Crippen LogP contribution < -0.4 is 5.32 Å². The maximum Gasteiger partial charge on any atom is 0.356 e. The van der Waals surface area contributed by atoms with Crippen molar-refractivity contribution < 1.29 is 14.7 Å². The predicted octanol–water partition coefficient (Wildman–Crippen LogP) is 0.675. The first kappa shape index (κ1) is 12.5. The Morgan fingerprint density at radius 3 is 2.95 bits per heavy atom. The number of rotatable bonds is 3. The summed E-state index contributed by atoms with van der Waals surface area (Å²) >= 11 is 0. The third-order valence-electron chi connectivity index (χ3n) is 3.47. The summed E-state index contributed by atoms with van der Waals surface area (Å²) < 4.78 is 1.49. The molecule has 1 saturated heterocycles. The summed E-state index contributed by atoms with van der Waals surface area (Å²) in [5.74, 6) is -0.888. The minimum absolute atomic E-state index is 0.0432. The highest BCUT2D eigenvalue weighted by molar-refractivity contribution is 5.94. The smallest absolute Gasteiger partial charge is 0.356 e. The van der Waals surface area contributed by atoms with E-state index in [1.807, 2.05) is 0 Å². The van der Waals surface area contributed by atoms with Gasteiger partial charge in [0.2, 0.25) is 5.91 Å². The van der Waals surface area contributed by atoms with Crippen LogP contribution in [0.1, 0.15) is 16.9 Å². The van der Waals surface area contributed by atoms with E-state index in [2.05, 4.69) is 10.3 Å². The molecule has 20 heavy (non-hydrogen) atoms. The van der Waals surface area contributed by atoms with Crippen molar-refractivity contribution >= 4 is 23.3 Å². The van der Waals surface area contributed by atoms with Gasteiger partial charge in [-0.05, 0) is 18.6 Å². The van der Waals surface area contributed by atoms with Crippen molar-refractivity contribution in [3.05, 3.63) is 30.1 Å². The zero-order valence-corrected chi connectivity index (χ0v) is 10.9. The highest BCUT2D eigenvalue weighted by Crippen LogP contribution is 2.21. The van der Waals surface area contributed by atoms with Gasteiger partial charge >= 0.3 is 5.97 Å². The van der Waals surface area contributed by atoms with Gasteiger partial charge < -0.3 is 15.3 Å². The fourth-order valence-electron chi connectivity index (χ4n) is 2.42. The van der Waals surface area contributed by atoms with Crippen LogP contribution in [-0.4, -0.2) is 50.9 Å². The standard InChI is InChI=1S/C13H14N4O3/c1-16-7-5-8(12(16)18)14-11-10(13(19)20)17-6-3-2-4-9(17)15-11/h2-4,6,8,14H,5,7H2,1H3,(H,19,20). The van der Waals surface area contributed by atoms with Crippen molar-refractivity contribution in [2.75, 3.05) is 18.9 Å². The maximum absolute atomic E-state index is 11.9. The van der Waals surface area contributed by atoms with Crippen LogP contribution in [0, 0.1) is 0 Å². The lowest BCUT2D eigenvalue weighted by Crippen LogP contribution is -2.31. The Balaban J connectivity index is 2.01. The lowest BCUT2D eigenvalue weighted by Gasteiger charge is -2.12. The normalized spacial score (nSPS) is 18.8. The molecule has 0 spiro atoms. The fraction of sp³-hybridized carbons (Fsp3) is 0.308. The van der Waals surface area contributed by atoms with E-state index >= 15 is 0 Å². The quantitative estimate of drug-likeness (QED) is 0.859. The van der Waals surface area contributed by atoms with Gasteiger partial charge in [0.05, 0.1) is 0 Å². The Morgan fingerprint density at radius 1 is 1.50 bits per heavy atom. The molecule has 1 amide bonds. The van der Waals surface area contributed by atoms with Crippen LogP contribution in [0.25, 0.3) is 5.65 Å². The first-order valence-electron chi connectivity index (χ1n) is 6.30. The molecule has 1 atom stereocenters. The number of nitrogens with zero attached hydrogens (tertiary/aromatic N) is 3. The molecule has 1 aliphatic rings. The Labute approximate surface area is 114 Å². The van der Waals surface area contributed by atoms with Crippen molar-refractivity contribution in [1.82, 2.24) is 14.3 Å². The number of pyridine rings is 1. The molecule has 7 heteroatoms. The van der Waals surface area contributed by atoms with Crippen LogP contribution >= 0.6 is 0 Å². The first-order chi connectivity index (χ1) is 9.58. The van der Waals surface area contributed by atoms with Gasteiger partial charge in [0.25, 0.3) is 0 Å². The maximum atomic E-state index is 11.9. The van der Waals surface area contributed by atoms with Gasteiger partial charge in [-0.25, -0.2) is 9.78 Å². The van der Waals surface area contributed by atoms with E-state index in [0.717, 1.165) is 0 Å². The number of nitrogens with one attached hydrogen (secondary N) is 1. The van der Waals surface area contributed by atoms with E-state index in [1.54, 1.807) is 36.3 Å². The van der Waals surface area contributed by atoms with Gasteiger partial charge in [0, 0.05) is 19.8 Å². The van der Waals surface area contributed by atoms with E-state index < -0.39 is 12.0 Å². The minimum Gasteiger partial charge on any atom is -0.476 e. The van der Waals surface area contributed by atoms with Crippen LogP contribution in [0.3, 0.4) is 0 Å². The van der Waals surface area contributed by atoms with Gasteiger partial charge in [-0.2, -0.15) is 0 Å². The monoisotopic (exact) mass is 274 g/mol. The molecule has 0 aromatic carbocycles. The van der Waals surface area contributed by atoms with E-state index in [0.29, 0.717) is 18.6 Å². The van der Waals surface area contributed by atoms with Crippen LogP contribution in [0.15, 0.2) is 24.4 Å². The zero-order chi connectivity index (χ0) is 14.3. The summed E-state index contributed by atoms with van der Waals surface area (Å²) in [6.07, 6.45) is 2.28. The number of carbonyl (C=O) groups is 2. The number of fused-ring (bicyclic) bond motifs is 1. The number of carboxylic acid groups (broad SMARTS) is 1. The summed E-state index contributed by atoms with van der Waals surface area (Å²) in [6, 6.07) is 4.83. The highest BCUT2D eigenvalue weighted by atomic mass is 16.4. The average molecular weight is 274 g/mol. The summed E-state index contributed by atoms with van der Waals surface area (Å²) in [6.45, 7) is 0.659. The number of carboxylic acids is 1. The Kier molecular flexibility index (Phi) is 2.81. The number of hydrogen-bond acceptors (Lipinski definition) is 4. The predicted molar refractivity (Wildman–Crippen MR) is 71.8 cm³/mol. The largest absolute Gasteiger partial charge is 0.476 e. The van der Waals surface area contributed by atoms with Gasteiger partial charge in [-0.15, -0.1) is 0 Å². The lowest BCUT2D eigenvalue weighted by molar-refractivity contribution is -0.127. The van der Waals surface area contributed by atoms with Gasteiger partial charge in [0.15, 0.2) is 11.5 Å². The topological polar surface area (TPSA) is 86.9 Å². The van der Waals surface area contributed by atoms with Crippen LogP contribution in [0.5, 0.6) is 0 Å². The fourth-order valence-corrected chi connectivity index (χ4v) is 2.42. The molecule has 0 radical (unpaired) electrons. The molecule has 1 aliphatic heterocycles. The van der Waals surface area contributed by atoms with Crippen molar-refractivity contribution in [2.45, 2.75) is 12.5 Å². The third-order valence-corrected chi connectivity index (χ3v) is 3.47. The van der Waals surface area contributed by atoms with Crippen LogP contribution in [-0.2, 0) is 4.79 Å². The summed E-state index contributed by atoms with van der Waals surface area (Å²) in [5.41, 5.74) is 0.578. The molecule has 3 heterocycles. The molecule has 2 N–H and O–H groups in total. The molecular formula is C13H14N4O3. The van der Waals surface area contributed by atoms with E-state index in [1.165, 1.54) is 4.40 Å².